The normalized spacial score (nSPS) is 10.6. The molecule has 88 valence electrons. The lowest BCUT2D eigenvalue weighted by atomic mass is 10.1. The average molecular weight is 246 g/mol. The third-order valence-corrected chi connectivity index (χ3v) is 3.60. The zero-order chi connectivity index (χ0) is 12.1. The fourth-order valence-corrected chi connectivity index (χ4v) is 2.57. The molecule has 0 atom stereocenters. The SMILES string of the molecule is O=C(O)CCCSc1ccc2ccccc2c1. The number of thioether (sulfide) groups is 1. The summed E-state index contributed by atoms with van der Waals surface area (Å²) in [6.45, 7) is 0. The van der Waals surface area contributed by atoms with E-state index in [-0.39, 0.29) is 6.42 Å². The topological polar surface area (TPSA) is 37.3 Å². The zero-order valence-corrected chi connectivity index (χ0v) is 10.2. The molecule has 0 spiro atoms. The molecule has 2 rings (SSSR count). The summed E-state index contributed by atoms with van der Waals surface area (Å²) in [5.74, 6) is 0.133. The van der Waals surface area contributed by atoms with E-state index in [1.54, 1.807) is 11.8 Å². The minimum absolute atomic E-state index is 0.251. The van der Waals surface area contributed by atoms with Crippen LogP contribution in [-0.2, 0) is 4.79 Å². The number of carboxylic acid groups (broad SMARTS) is 1. The Morgan fingerprint density at radius 1 is 1.12 bits per heavy atom. The lowest BCUT2D eigenvalue weighted by molar-refractivity contribution is -0.137. The van der Waals surface area contributed by atoms with Gasteiger partial charge in [0, 0.05) is 11.3 Å². The summed E-state index contributed by atoms with van der Waals surface area (Å²) in [5, 5.41) is 11.0. The molecule has 0 saturated heterocycles. The van der Waals surface area contributed by atoms with Crippen LogP contribution in [0.15, 0.2) is 47.4 Å². The van der Waals surface area contributed by atoms with E-state index in [1.165, 1.54) is 15.7 Å². The van der Waals surface area contributed by atoms with Crippen LogP contribution in [0, 0.1) is 0 Å². The summed E-state index contributed by atoms with van der Waals surface area (Å²) in [5.41, 5.74) is 0. The molecule has 0 aliphatic rings. The van der Waals surface area contributed by atoms with Crippen molar-refractivity contribution in [1.29, 1.82) is 0 Å². The van der Waals surface area contributed by atoms with E-state index in [9.17, 15) is 4.79 Å². The van der Waals surface area contributed by atoms with Crippen LogP contribution < -0.4 is 0 Å². The fourth-order valence-electron chi connectivity index (χ4n) is 1.67. The highest BCUT2D eigenvalue weighted by Gasteiger charge is 1.99. The molecule has 0 aliphatic carbocycles. The van der Waals surface area contributed by atoms with Crippen molar-refractivity contribution >= 4 is 28.5 Å². The van der Waals surface area contributed by atoms with Crippen LogP contribution in [0.1, 0.15) is 12.8 Å². The Labute approximate surface area is 105 Å². The Balaban J connectivity index is 1.97. The number of carboxylic acids is 1. The van der Waals surface area contributed by atoms with Crippen molar-refractivity contribution in [3.05, 3.63) is 42.5 Å². The molecule has 0 heterocycles. The molecule has 0 radical (unpaired) electrons. The third kappa shape index (κ3) is 3.49. The maximum atomic E-state index is 10.4. The van der Waals surface area contributed by atoms with Gasteiger partial charge >= 0.3 is 5.97 Å². The van der Waals surface area contributed by atoms with Gasteiger partial charge in [0.2, 0.25) is 0 Å². The van der Waals surface area contributed by atoms with E-state index in [4.69, 9.17) is 5.11 Å². The molecule has 0 saturated carbocycles. The second-order valence-corrected chi connectivity index (χ2v) is 5.02. The predicted molar refractivity (Wildman–Crippen MR) is 71.5 cm³/mol. The molecule has 3 heteroatoms. The van der Waals surface area contributed by atoms with Crippen molar-refractivity contribution in [2.75, 3.05) is 5.75 Å². The van der Waals surface area contributed by atoms with Crippen LogP contribution in [0.5, 0.6) is 0 Å². The molecular formula is C14H14O2S. The van der Waals surface area contributed by atoms with Crippen LogP contribution in [-0.4, -0.2) is 16.8 Å². The number of aliphatic carboxylic acids is 1. The van der Waals surface area contributed by atoms with Gasteiger partial charge in [-0.3, -0.25) is 4.79 Å². The van der Waals surface area contributed by atoms with Crippen LogP contribution in [0.4, 0.5) is 0 Å². The van der Waals surface area contributed by atoms with Crippen LogP contribution in [0.2, 0.25) is 0 Å². The van der Waals surface area contributed by atoms with Gasteiger partial charge in [0.15, 0.2) is 0 Å². The summed E-state index contributed by atoms with van der Waals surface area (Å²) in [4.78, 5) is 11.6. The Morgan fingerprint density at radius 3 is 2.65 bits per heavy atom. The average Bonchev–Trinajstić information content (AvgIpc) is 2.34. The molecule has 1 N–H and O–H groups in total. The second kappa shape index (κ2) is 5.73. The van der Waals surface area contributed by atoms with E-state index in [1.807, 2.05) is 12.1 Å². The number of carbonyl (C=O) groups is 1. The molecule has 0 bridgehead atoms. The molecule has 0 aliphatic heterocycles. The number of benzene rings is 2. The molecular weight excluding hydrogens is 232 g/mol. The first-order valence-corrected chi connectivity index (χ1v) is 6.58. The largest absolute Gasteiger partial charge is 0.481 e. The van der Waals surface area contributed by atoms with Crippen molar-refractivity contribution in [1.82, 2.24) is 0 Å². The van der Waals surface area contributed by atoms with E-state index in [0.29, 0.717) is 6.42 Å². The summed E-state index contributed by atoms with van der Waals surface area (Å²) < 4.78 is 0. The summed E-state index contributed by atoms with van der Waals surface area (Å²) in [6, 6.07) is 14.6. The number of rotatable bonds is 5. The highest BCUT2D eigenvalue weighted by molar-refractivity contribution is 7.99. The van der Waals surface area contributed by atoms with Gasteiger partial charge < -0.3 is 5.11 Å². The lowest BCUT2D eigenvalue weighted by Crippen LogP contribution is -1.94. The van der Waals surface area contributed by atoms with Gasteiger partial charge in [0.05, 0.1) is 0 Å². The Kier molecular flexibility index (Phi) is 4.04. The monoisotopic (exact) mass is 246 g/mol. The van der Waals surface area contributed by atoms with Crippen LogP contribution in [0.25, 0.3) is 10.8 Å². The van der Waals surface area contributed by atoms with Gasteiger partial charge in [-0.2, -0.15) is 0 Å². The Hall–Kier alpha value is -1.48. The first kappa shape index (κ1) is 12.0. The second-order valence-electron chi connectivity index (χ2n) is 3.85. The molecule has 2 nitrogen and oxygen atoms in total. The van der Waals surface area contributed by atoms with E-state index < -0.39 is 5.97 Å². The molecule has 0 fully saturated rings. The van der Waals surface area contributed by atoms with Gasteiger partial charge in [0.1, 0.15) is 0 Å². The fraction of sp³-hybridized carbons (Fsp3) is 0.214. The summed E-state index contributed by atoms with van der Waals surface area (Å²) in [7, 11) is 0. The number of fused-ring (bicyclic) bond motifs is 1. The number of hydrogen-bond donors (Lipinski definition) is 1. The molecule has 17 heavy (non-hydrogen) atoms. The predicted octanol–water partition coefficient (Wildman–Crippen LogP) is 3.80. The number of hydrogen-bond acceptors (Lipinski definition) is 2. The van der Waals surface area contributed by atoms with Gasteiger partial charge in [0.25, 0.3) is 0 Å². The van der Waals surface area contributed by atoms with Gasteiger partial charge in [-0.25, -0.2) is 0 Å². The van der Waals surface area contributed by atoms with Gasteiger partial charge in [-0.05, 0) is 35.1 Å². The standard InChI is InChI=1S/C14H14O2S/c15-14(16)6-3-9-17-13-8-7-11-4-1-2-5-12(11)10-13/h1-2,4-5,7-8,10H,3,6,9H2,(H,15,16). The molecule has 2 aromatic rings. The maximum Gasteiger partial charge on any atom is 0.303 e. The van der Waals surface area contributed by atoms with Gasteiger partial charge in [-0.1, -0.05) is 30.3 Å². The molecule has 0 aromatic heterocycles. The summed E-state index contributed by atoms with van der Waals surface area (Å²) >= 11 is 1.71. The minimum atomic E-state index is -0.718. The quantitative estimate of drug-likeness (QED) is 0.644. The van der Waals surface area contributed by atoms with E-state index in [2.05, 4.69) is 30.3 Å². The zero-order valence-electron chi connectivity index (χ0n) is 9.43. The first-order chi connectivity index (χ1) is 8.25. The first-order valence-electron chi connectivity index (χ1n) is 5.59. The van der Waals surface area contributed by atoms with Crippen LogP contribution in [0.3, 0.4) is 0 Å². The van der Waals surface area contributed by atoms with Gasteiger partial charge in [-0.15, -0.1) is 11.8 Å². The summed E-state index contributed by atoms with van der Waals surface area (Å²) in [6.07, 6.45) is 0.966. The van der Waals surface area contributed by atoms with E-state index >= 15 is 0 Å². The van der Waals surface area contributed by atoms with Crippen molar-refractivity contribution < 1.29 is 9.90 Å². The van der Waals surface area contributed by atoms with E-state index in [0.717, 1.165) is 5.75 Å². The minimum Gasteiger partial charge on any atom is -0.481 e. The van der Waals surface area contributed by atoms with Crippen molar-refractivity contribution in [3.8, 4) is 0 Å². The maximum absolute atomic E-state index is 10.4. The third-order valence-electron chi connectivity index (χ3n) is 2.52. The van der Waals surface area contributed by atoms with Crippen molar-refractivity contribution in [2.24, 2.45) is 0 Å². The Bertz CT molecular complexity index is 522. The molecule has 2 aromatic carbocycles. The highest BCUT2D eigenvalue weighted by Crippen LogP contribution is 2.24. The van der Waals surface area contributed by atoms with Crippen LogP contribution >= 0.6 is 11.8 Å². The molecule has 0 unspecified atom stereocenters. The Morgan fingerprint density at radius 2 is 1.88 bits per heavy atom. The lowest BCUT2D eigenvalue weighted by Gasteiger charge is -2.03. The van der Waals surface area contributed by atoms with Crippen molar-refractivity contribution in [3.63, 3.8) is 0 Å². The van der Waals surface area contributed by atoms with Crippen molar-refractivity contribution in [2.45, 2.75) is 17.7 Å². The highest BCUT2D eigenvalue weighted by atomic mass is 32.2. The smallest absolute Gasteiger partial charge is 0.303 e. The molecule has 0 amide bonds.